The molecule has 8 nitrogen and oxygen atoms in total. The molecule has 4 rings (SSSR count). The molecule has 0 aliphatic carbocycles. The summed E-state index contributed by atoms with van der Waals surface area (Å²) in [6, 6.07) is 20.1. The van der Waals surface area contributed by atoms with Crippen LogP contribution in [0.5, 0.6) is 0 Å². The average Bonchev–Trinajstić information content (AvgIpc) is 2.88. The molecule has 0 aromatic heterocycles. The molecule has 1 aliphatic heterocycles. The van der Waals surface area contributed by atoms with Crippen LogP contribution in [0.25, 0.3) is 0 Å². The third-order valence-electron chi connectivity index (χ3n) is 5.79. The van der Waals surface area contributed by atoms with Crippen molar-refractivity contribution in [2.45, 2.75) is 6.54 Å². The number of ether oxygens (including phenoxy) is 1. The van der Waals surface area contributed by atoms with Gasteiger partial charge in [0, 0.05) is 23.7 Å². The average molecular weight is 528 g/mol. The predicted octanol–water partition coefficient (Wildman–Crippen LogP) is 4.03. The number of carbonyl (C=O) groups excluding carboxylic acids is 2. The van der Waals surface area contributed by atoms with Crippen LogP contribution in [-0.2, 0) is 21.3 Å². The van der Waals surface area contributed by atoms with Crippen molar-refractivity contribution in [3.8, 4) is 0 Å². The lowest BCUT2D eigenvalue weighted by Gasteiger charge is -2.27. The molecule has 0 saturated carbocycles. The van der Waals surface area contributed by atoms with E-state index in [1.807, 2.05) is 0 Å². The van der Waals surface area contributed by atoms with Crippen LogP contribution >= 0.6 is 11.6 Å². The molecule has 1 N–H and O–H groups in total. The second kappa shape index (κ2) is 11.1. The second-order valence-electron chi connectivity index (χ2n) is 8.31. The molecule has 10 heteroatoms. The van der Waals surface area contributed by atoms with Gasteiger partial charge in [-0.1, -0.05) is 41.9 Å². The fourth-order valence-corrected chi connectivity index (χ4v) is 4.94. The molecule has 0 atom stereocenters. The highest BCUT2D eigenvalue weighted by Gasteiger charge is 2.23. The number of halogens is 1. The molecule has 0 bridgehead atoms. The number of nitrogens with zero attached hydrogens (tertiary/aromatic N) is 2. The third-order valence-corrected chi connectivity index (χ3v) is 7.30. The molecule has 1 heterocycles. The fourth-order valence-electron chi connectivity index (χ4n) is 3.87. The number of hydrogen-bond acceptors (Lipinski definition) is 5. The van der Waals surface area contributed by atoms with Gasteiger partial charge in [0.2, 0.25) is 10.0 Å². The van der Waals surface area contributed by atoms with Gasteiger partial charge in [0.05, 0.1) is 43.0 Å². The van der Waals surface area contributed by atoms with Gasteiger partial charge in [-0.25, -0.2) is 8.42 Å². The number of carbonyl (C=O) groups is 2. The number of anilines is 2. The number of rotatable bonds is 7. The van der Waals surface area contributed by atoms with Crippen molar-refractivity contribution in [1.82, 2.24) is 4.90 Å². The first-order valence-corrected chi connectivity index (χ1v) is 13.6. The molecule has 1 saturated heterocycles. The lowest BCUT2D eigenvalue weighted by atomic mass is 10.1. The molecular formula is C26H26ClN3O5S. The highest BCUT2D eigenvalue weighted by Crippen LogP contribution is 2.25. The van der Waals surface area contributed by atoms with Crippen LogP contribution in [0.2, 0.25) is 5.02 Å². The highest BCUT2D eigenvalue weighted by atomic mass is 35.5. The maximum atomic E-state index is 13.0. The van der Waals surface area contributed by atoms with Gasteiger partial charge in [-0.15, -0.1) is 0 Å². The quantitative estimate of drug-likeness (QED) is 0.500. The minimum atomic E-state index is -3.62. The SMILES string of the molecule is CS(=O)(=O)N(Cc1ccccc1Cl)c1ccc(C(=O)Nc2ccccc2C(=O)N2CCOCC2)cc1. The van der Waals surface area contributed by atoms with Crippen molar-refractivity contribution in [3.63, 3.8) is 0 Å². The maximum absolute atomic E-state index is 13.0. The van der Waals surface area contributed by atoms with E-state index in [0.29, 0.717) is 59.4 Å². The molecule has 0 spiro atoms. The molecule has 3 aromatic carbocycles. The number of hydrogen-bond donors (Lipinski definition) is 1. The van der Waals surface area contributed by atoms with Crippen molar-refractivity contribution >= 4 is 44.8 Å². The van der Waals surface area contributed by atoms with E-state index in [1.165, 1.54) is 4.31 Å². The van der Waals surface area contributed by atoms with Crippen LogP contribution in [0.3, 0.4) is 0 Å². The summed E-state index contributed by atoms with van der Waals surface area (Å²) in [7, 11) is -3.62. The van der Waals surface area contributed by atoms with E-state index in [-0.39, 0.29) is 12.5 Å². The van der Waals surface area contributed by atoms with Gasteiger partial charge in [0.15, 0.2) is 0 Å². The van der Waals surface area contributed by atoms with Gasteiger partial charge in [-0.3, -0.25) is 13.9 Å². The fraction of sp³-hybridized carbons (Fsp3) is 0.231. The summed E-state index contributed by atoms with van der Waals surface area (Å²) in [5.41, 5.74) is 2.18. The zero-order valence-electron chi connectivity index (χ0n) is 19.7. The standard InChI is InChI=1S/C26H26ClN3O5S/c1-36(33,34)30(18-20-6-2-4-8-23(20)27)21-12-10-19(11-13-21)25(31)28-24-9-5-3-7-22(24)26(32)29-14-16-35-17-15-29/h2-13H,14-18H2,1H3,(H,28,31). The van der Waals surface area contributed by atoms with Gasteiger partial charge in [0.25, 0.3) is 11.8 Å². The summed E-state index contributed by atoms with van der Waals surface area (Å²) in [6.45, 7) is 2.00. The van der Waals surface area contributed by atoms with Gasteiger partial charge < -0.3 is 15.0 Å². The summed E-state index contributed by atoms with van der Waals surface area (Å²) < 4.78 is 31.5. The Morgan fingerprint density at radius 2 is 1.61 bits per heavy atom. The molecule has 1 aliphatic rings. The summed E-state index contributed by atoms with van der Waals surface area (Å²) in [6.07, 6.45) is 1.12. The molecule has 2 amide bonds. The number of nitrogens with one attached hydrogen (secondary N) is 1. The lowest BCUT2D eigenvalue weighted by molar-refractivity contribution is 0.0303. The summed E-state index contributed by atoms with van der Waals surface area (Å²) in [5.74, 6) is -0.589. The second-order valence-corrected chi connectivity index (χ2v) is 10.6. The third kappa shape index (κ3) is 6.04. The van der Waals surface area contributed by atoms with Crippen LogP contribution in [-0.4, -0.2) is 57.7 Å². The Labute approximate surface area is 215 Å². The molecule has 0 unspecified atom stereocenters. The zero-order valence-corrected chi connectivity index (χ0v) is 21.3. The highest BCUT2D eigenvalue weighted by molar-refractivity contribution is 7.92. The summed E-state index contributed by atoms with van der Waals surface area (Å²) in [5, 5.41) is 3.27. The van der Waals surface area contributed by atoms with Crippen molar-refractivity contribution in [2.24, 2.45) is 0 Å². The van der Waals surface area contributed by atoms with Crippen molar-refractivity contribution in [2.75, 3.05) is 42.2 Å². The molecule has 3 aromatic rings. The smallest absolute Gasteiger partial charge is 0.256 e. The van der Waals surface area contributed by atoms with Crippen LogP contribution in [0.4, 0.5) is 11.4 Å². The van der Waals surface area contributed by atoms with Crippen molar-refractivity contribution in [3.05, 3.63) is 94.5 Å². The van der Waals surface area contributed by atoms with E-state index in [0.717, 1.165) is 6.26 Å². The predicted molar refractivity (Wildman–Crippen MR) is 140 cm³/mol. The Hall–Kier alpha value is -3.40. The first kappa shape index (κ1) is 25.7. The van der Waals surface area contributed by atoms with Crippen molar-refractivity contribution < 1.29 is 22.7 Å². The number of benzene rings is 3. The largest absolute Gasteiger partial charge is 0.378 e. The maximum Gasteiger partial charge on any atom is 0.256 e. The van der Waals surface area contributed by atoms with Gasteiger partial charge in [0.1, 0.15) is 0 Å². The molecular weight excluding hydrogens is 502 g/mol. The van der Waals surface area contributed by atoms with Crippen LogP contribution < -0.4 is 9.62 Å². The lowest BCUT2D eigenvalue weighted by Crippen LogP contribution is -2.41. The first-order chi connectivity index (χ1) is 17.2. The minimum absolute atomic E-state index is 0.0566. The van der Waals surface area contributed by atoms with Crippen LogP contribution in [0.1, 0.15) is 26.3 Å². The topological polar surface area (TPSA) is 96.0 Å². The Kier molecular flexibility index (Phi) is 7.93. The normalized spacial score (nSPS) is 13.8. The van der Waals surface area contributed by atoms with E-state index in [1.54, 1.807) is 77.7 Å². The van der Waals surface area contributed by atoms with Crippen LogP contribution in [0, 0.1) is 0 Å². The molecule has 1 fully saturated rings. The van der Waals surface area contributed by atoms with Crippen LogP contribution in [0.15, 0.2) is 72.8 Å². The van der Waals surface area contributed by atoms with Crippen molar-refractivity contribution in [1.29, 1.82) is 0 Å². The molecule has 188 valence electrons. The Morgan fingerprint density at radius 3 is 2.28 bits per heavy atom. The number of sulfonamides is 1. The Morgan fingerprint density at radius 1 is 0.972 bits per heavy atom. The monoisotopic (exact) mass is 527 g/mol. The minimum Gasteiger partial charge on any atom is -0.378 e. The molecule has 36 heavy (non-hydrogen) atoms. The Balaban J connectivity index is 1.52. The van der Waals surface area contributed by atoms with Gasteiger partial charge >= 0.3 is 0 Å². The van der Waals surface area contributed by atoms with E-state index in [2.05, 4.69) is 5.32 Å². The molecule has 0 radical (unpaired) electrons. The Bertz CT molecular complexity index is 1360. The first-order valence-electron chi connectivity index (χ1n) is 11.3. The van der Waals surface area contributed by atoms with Gasteiger partial charge in [-0.2, -0.15) is 0 Å². The van der Waals surface area contributed by atoms with E-state index < -0.39 is 15.9 Å². The zero-order chi connectivity index (χ0) is 25.7. The number of para-hydroxylation sites is 1. The van der Waals surface area contributed by atoms with E-state index >= 15 is 0 Å². The summed E-state index contributed by atoms with van der Waals surface area (Å²) >= 11 is 6.23. The van der Waals surface area contributed by atoms with E-state index in [9.17, 15) is 18.0 Å². The summed E-state index contributed by atoms with van der Waals surface area (Å²) in [4.78, 5) is 27.6. The van der Waals surface area contributed by atoms with Gasteiger partial charge in [-0.05, 0) is 48.0 Å². The number of amides is 2. The van der Waals surface area contributed by atoms with E-state index in [4.69, 9.17) is 16.3 Å². The number of morpholine rings is 1.